The predicted molar refractivity (Wildman–Crippen MR) is 86.2 cm³/mol. The van der Waals surface area contributed by atoms with E-state index in [9.17, 15) is 4.79 Å². The molecule has 1 aliphatic rings. The number of nitrogens with zero attached hydrogens (tertiary/aromatic N) is 3. The number of morpholine rings is 1. The number of aromatic nitrogens is 2. The van der Waals surface area contributed by atoms with E-state index < -0.39 is 0 Å². The lowest BCUT2D eigenvalue weighted by Crippen LogP contribution is -2.37. The third-order valence-electron chi connectivity index (χ3n) is 3.38. The molecule has 1 aromatic heterocycles. The average molecular weight is 307 g/mol. The molecule has 122 valence electrons. The van der Waals surface area contributed by atoms with Crippen molar-refractivity contribution in [1.82, 2.24) is 15.3 Å². The highest BCUT2D eigenvalue weighted by Gasteiger charge is 2.14. The van der Waals surface area contributed by atoms with Crippen LogP contribution >= 0.6 is 0 Å². The monoisotopic (exact) mass is 307 g/mol. The maximum absolute atomic E-state index is 11.4. The molecule has 0 saturated carbocycles. The highest BCUT2D eigenvalue weighted by atomic mass is 16.5. The molecule has 0 bridgehead atoms. The molecule has 1 aromatic rings. The van der Waals surface area contributed by atoms with E-state index in [-0.39, 0.29) is 5.91 Å². The fourth-order valence-corrected chi connectivity index (χ4v) is 2.28. The Morgan fingerprint density at radius 2 is 2.09 bits per heavy atom. The zero-order chi connectivity index (χ0) is 15.8. The first kappa shape index (κ1) is 16.5. The molecule has 0 aliphatic carbocycles. The molecule has 0 aromatic carbocycles. The lowest BCUT2D eigenvalue weighted by molar-refractivity contribution is -0.121. The van der Waals surface area contributed by atoms with Crippen molar-refractivity contribution in [2.45, 2.75) is 26.7 Å². The minimum absolute atomic E-state index is 0.0865. The van der Waals surface area contributed by atoms with Crippen molar-refractivity contribution in [2.75, 3.05) is 49.6 Å². The number of amides is 1. The van der Waals surface area contributed by atoms with Gasteiger partial charge in [0.05, 0.1) is 13.2 Å². The van der Waals surface area contributed by atoms with E-state index in [1.54, 1.807) is 0 Å². The van der Waals surface area contributed by atoms with Crippen LogP contribution in [0.3, 0.4) is 0 Å². The zero-order valence-corrected chi connectivity index (χ0v) is 13.4. The molecule has 1 fully saturated rings. The van der Waals surface area contributed by atoms with E-state index in [0.29, 0.717) is 25.5 Å². The van der Waals surface area contributed by atoms with E-state index in [1.807, 2.05) is 19.9 Å². The van der Waals surface area contributed by atoms with Crippen LogP contribution in [0.15, 0.2) is 6.07 Å². The highest BCUT2D eigenvalue weighted by molar-refractivity contribution is 5.75. The molecule has 2 N–H and O–H groups in total. The molecule has 7 heteroatoms. The summed E-state index contributed by atoms with van der Waals surface area (Å²) in [6.45, 7) is 8.30. The smallest absolute Gasteiger partial charge is 0.224 e. The number of anilines is 2. The van der Waals surface area contributed by atoms with Gasteiger partial charge in [0, 0.05) is 44.4 Å². The quantitative estimate of drug-likeness (QED) is 0.730. The Morgan fingerprint density at radius 3 is 2.82 bits per heavy atom. The first-order chi connectivity index (χ1) is 10.7. The number of hydrogen-bond donors (Lipinski definition) is 2. The summed E-state index contributed by atoms with van der Waals surface area (Å²) in [7, 11) is 0. The lowest BCUT2D eigenvalue weighted by atomic mass is 10.3. The summed E-state index contributed by atoms with van der Waals surface area (Å²) in [5.41, 5.74) is 0.925. The van der Waals surface area contributed by atoms with E-state index in [1.165, 1.54) is 0 Å². The Kier molecular flexibility index (Phi) is 6.39. The van der Waals surface area contributed by atoms with E-state index >= 15 is 0 Å². The number of carbonyl (C=O) groups is 1. The number of nitrogens with one attached hydrogen (secondary N) is 2. The van der Waals surface area contributed by atoms with Gasteiger partial charge in [0.15, 0.2) is 0 Å². The fourth-order valence-electron chi connectivity index (χ4n) is 2.28. The summed E-state index contributed by atoms with van der Waals surface area (Å²) >= 11 is 0. The molecular formula is C15H25N5O2. The normalized spacial score (nSPS) is 14.7. The molecule has 22 heavy (non-hydrogen) atoms. The Bertz CT molecular complexity index is 489. The maximum Gasteiger partial charge on any atom is 0.224 e. The molecule has 7 nitrogen and oxygen atoms in total. The zero-order valence-electron chi connectivity index (χ0n) is 13.4. The van der Waals surface area contributed by atoms with Gasteiger partial charge in [-0.2, -0.15) is 4.98 Å². The van der Waals surface area contributed by atoms with Crippen molar-refractivity contribution in [3.8, 4) is 0 Å². The standard InChI is InChI=1S/C15H25N5O2/c1-3-4-14(21)16-5-6-17-15-18-12(2)11-13(19-15)20-7-9-22-10-8-20/h11H,3-10H2,1-2H3,(H,16,21)(H,17,18,19). The maximum atomic E-state index is 11.4. The third-order valence-corrected chi connectivity index (χ3v) is 3.38. The van der Waals surface area contributed by atoms with Gasteiger partial charge in [-0.15, -0.1) is 0 Å². The van der Waals surface area contributed by atoms with Crippen LogP contribution in [-0.4, -0.2) is 55.3 Å². The average Bonchev–Trinajstić information content (AvgIpc) is 2.52. The first-order valence-electron chi connectivity index (χ1n) is 7.88. The van der Waals surface area contributed by atoms with Gasteiger partial charge in [-0.3, -0.25) is 4.79 Å². The van der Waals surface area contributed by atoms with Crippen LogP contribution < -0.4 is 15.5 Å². The molecule has 1 saturated heterocycles. The summed E-state index contributed by atoms with van der Waals surface area (Å²) in [4.78, 5) is 22.5. The molecule has 0 unspecified atom stereocenters. The Morgan fingerprint density at radius 1 is 1.32 bits per heavy atom. The summed E-state index contributed by atoms with van der Waals surface area (Å²) in [6, 6.07) is 1.99. The minimum Gasteiger partial charge on any atom is -0.378 e. The van der Waals surface area contributed by atoms with Crippen LogP contribution in [0.25, 0.3) is 0 Å². The van der Waals surface area contributed by atoms with Crippen LogP contribution in [0.4, 0.5) is 11.8 Å². The van der Waals surface area contributed by atoms with Crippen LogP contribution in [0.2, 0.25) is 0 Å². The molecule has 1 amide bonds. The van der Waals surface area contributed by atoms with Crippen LogP contribution in [0.1, 0.15) is 25.5 Å². The molecular weight excluding hydrogens is 282 g/mol. The molecule has 1 aliphatic heterocycles. The van der Waals surface area contributed by atoms with Crippen molar-refractivity contribution in [3.05, 3.63) is 11.8 Å². The van der Waals surface area contributed by atoms with Gasteiger partial charge in [-0.25, -0.2) is 4.98 Å². The third kappa shape index (κ3) is 5.14. The Balaban J connectivity index is 1.85. The van der Waals surface area contributed by atoms with E-state index in [4.69, 9.17) is 4.74 Å². The van der Waals surface area contributed by atoms with Crippen molar-refractivity contribution in [1.29, 1.82) is 0 Å². The molecule has 0 radical (unpaired) electrons. The number of carbonyl (C=O) groups excluding carboxylic acids is 1. The van der Waals surface area contributed by atoms with Crippen LogP contribution in [-0.2, 0) is 9.53 Å². The lowest BCUT2D eigenvalue weighted by Gasteiger charge is -2.28. The van der Waals surface area contributed by atoms with Gasteiger partial charge in [-0.1, -0.05) is 6.92 Å². The first-order valence-corrected chi connectivity index (χ1v) is 7.88. The number of hydrogen-bond acceptors (Lipinski definition) is 6. The second-order valence-corrected chi connectivity index (χ2v) is 5.32. The second-order valence-electron chi connectivity index (χ2n) is 5.32. The van der Waals surface area contributed by atoms with Gasteiger partial charge in [0.25, 0.3) is 0 Å². The summed E-state index contributed by atoms with van der Waals surface area (Å²) in [5.74, 6) is 1.61. The molecule has 0 atom stereocenters. The summed E-state index contributed by atoms with van der Waals surface area (Å²) in [5, 5.41) is 6.03. The predicted octanol–water partition coefficient (Wildman–Crippen LogP) is 0.950. The summed E-state index contributed by atoms with van der Waals surface area (Å²) in [6.07, 6.45) is 1.44. The number of aryl methyl sites for hydroxylation is 1. The van der Waals surface area contributed by atoms with E-state index in [2.05, 4.69) is 25.5 Å². The van der Waals surface area contributed by atoms with Crippen molar-refractivity contribution in [3.63, 3.8) is 0 Å². The largest absolute Gasteiger partial charge is 0.378 e. The Labute approximate surface area is 131 Å². The van der Waals surface area contributed by atoms with Crippen LogP contribution in [0.5, 0.6) is 0 Å². The Hall–Kier alpha value is -1.89. The van der Waals surface area contributed by atoms with E-state index in [0.717, 1.165) is 44.2 Å². The molecule has 0 spiro atoms. The number of rotatable bonds is 7. The van der Waals surface area contributed by atoms with Gasteiger partial charge in [-0.05, 0) is 13.3 Å². The second kappa shape index (κ2) is 8.53. The van der Waals surface area contributed by atoms with Gasteiger partial charge in [0.1, 0.15) is 5.82 Å². The number of ether oxygens (including phenoxy) is 1. The van der Waals surface area contributed by atoms with Gasteiger partial charge in [0.2, 0.25) is 11.9 Å². The molecule has 2 heterocycles. The van der Waals surface area contributed by atoms with Gasteiger partial charge < -0.3 is 20.3 Å². The van der Waals surface area contributed by atoms with Crippen molar-refractivity contribution >= 4 is 17.7 Å². The fraction of sp³-hybridized carbons (Fsp3) is 0.667. The molecule has 2 rings (SSSR count). The van der Waals surface area contributed by atoms with Crippen molar-refractivity contribution in [2.24, 2.45) is 0 Å². The van der Waals surface area contributed by atoms with Crippen molar-refractivity contribution < 1.29 is 9.53 Å². The minimum atomic E-state index is 0.0865. The topological polar surface area (TPSA) is 79.4 Å². The SMILES string of the molecule is CCCC(=O)NCCNc1nc(C)cc(N2CCOCC2)n1. The van der Waals surface area contributed by atoms with Gasteiger partial charge >= 0.3 is 0 Å². The van der Waals surface area contributed by atoms with Crippen LogP contribution in [0, 0.1) is 6.92 Å². The highest BCUT2D eigenvalue weighted by Crippen LogP contribution is 2.15. The summed E-state index contributed by atoms with van der Waals surface area (Å²) < 4.78 is 5.36.